The second kappa shape index (κ2) is 9.76. The molecule has 0 bridgehead atoms. The number of amides is 1. The largest absolute Gasteiger partial charge is 0.454 e. The summed E-state index contributed by atoms with van der Waals surface area (Å²) in [6.45, 7) is 7.15. The molecule has 0 fully saturated rings. The predicted octanol–water partition coefficient (Wildman–Crippen LogP) is 3.46. The molecule has 2 heterocycles. The highest BCUT2D eigenvalue weighted by Crippen LogP contribution is 2.33. The zero-order chi connectivity index (χ0) is 23.4. The van der Waals surface area contributed by atoms with Gasteiger partial charge in [0.1, 0.15) is 0 Å². The first-order valence-corrected chi connectivity index (χ1v) is 10.4. The molecule has 172 valence electrons. The molecule has 0 aliphatic carbocycles. The lowest BCUT2D eigenvalue weighted by Crippen LogP contribution is -2.42. The van der Waals surface area contributed by atoms with E-state index in [0.717, 1.165) is 4.90 Å². The summed E-state index contributed by atoms with van der Waals surface area (Å²) in [5.41, 5.74) is 0.844. The van der Waals surface area contributed by atoms with Crippen LogP contribution in [0.4, 0.5) is 4.79 Å². The van der Waals surface area contributed by atoms with Gasteiger partial charge in [-0.1, -0.05) is 6.08 Å². The number of hydrogen-bond donors (Lipinski definition) is 0. The number of esters is 1. The summed E-state index contributed by atoms with van der Waals surface area (Å²) in [5.74, 6) is 0.196. The quantitative estimate of drug-likeness (QED) is 0.359. The third-order valence-corrected chi connectivity index (χ3v) is 5.22. The molecule has 1 amide bonds. The summed E-state index contributed by atoms with van der Waals surface area (Å²) in [6, 6.07) is 4.23. The molecule has 0 N–H and O–H groups in total. The summed E-state index contributed by atoms with van der Waals surface area (Å²) < 4.78 is 21.0. The zero-order valence-electron chi connectivity index (χ0n) is 18.9. The fourth-order valence-electron chi connectivity index (χ4n) is 3.13. The number of benzene rings is 1. The van der Waals surface area contributed by atoms with Crippen LogP contribution in [0.1, 0.15) is 44.5 Å². The number of nitrogens with zero attached hydrogens (tertiary/aromatic N) is 2. The van der Waals surface area contributed by atoms with Crippen LogP contribution in [0.2, 0.25) is 0 Å². The molecule has 2 aliphatic rings. The Morgan fingerprint density at radius 2 is 1.78 bits per heavy atom. The standard InChI is InChI=1S/C23H28N2O7/c1-14(2)25-10-6-7-18(12-25)22(27)31-16(4)32-23(28)24(5)15(3)21(26)17-8-9-19-20(11-17)30-13-29-19/h6,8-12,14-16H,7,13H2,1-5H3. The van der Waals surface area contributed by atoms with Crippen LogP contribution in [-0.2, 0) is 14.3 Å². The second-order valence-electron chi connectivity index (χ2n) is 7.86. The molecule has 2 unspecified atom stereocenters. The lowest BCUT2D eigenvalue weighted by Gasteiger charge is -2.26. The highest BCUT2D eigenvalue weighted by atomic mass is 16.7. The third-order valence-electron chi connectivity index (χ3n) is 5.22. The maximum absolute atomic E-state index is 12.8. The molecule has 0 radical (unpaired) electrons. The molecule has 1 aromatic carbocycles. The minimum absolute atomic E-state index is 0.105. The molecule has 1 aromatic rings. The number of fused-ring (bicyclic) bond motifs is 1. The van der Waals surface area contributed by atoms with Crippen molar-refractivity contribution in [2.24, 2.45) is 0 Å². The van der Waals surface area contributed by atoms with E-state index in [4.69, 9.17) is 18.9 Å². The maximum Gasteiger partial charge on any atom is 0.413 e. The molecule has 0 aromatic heterocycles. The second-order valence-corrected chi connectivity index (χ2v) is 7.86. The average molecular weight is 444 g/mol. The first kappa shape index (κ1) is 23.2. The Morgan fingerprint density at radius 3 is 2.50 bits per heavy atom. The average Bonchev–Trinajstić information content (AvgIpc) is 3.25. The molecule has 9 heteroatoms. The van der Waals surface area contributed by atoms with Crippen molar-refractivity contribution in [3.8, 4) is 11.5 Å². The van der Waals surface area contributed by atoms with E-state index >= 15 is 0 Å². The Hall–Kier alpha value is -3.49. The van der Waals surface area contributed by atoms with E-state index in [-0.39, 0.29) is 18.6 Å². The Bertz CT molecular complexity index is 954. The van der Waals surface area contributed by atoms with Crippen LogP contribution in [0.25, 0.3) is 0 Å². The number of hydrogen-bond acceptors (Lipinski definition) is 8. The SMILES string of the molecule is CC(OC(=O)C1=CN(C(C)C)C=CC1)OC(=O)N(C)C(C)C(=O)c1ccc2c(c1)OCO2. The highest BCUT2D eigenvalue weighted by Gasteiger charge is 2.28. The van der Waals surface area contributed by atoms with Crippen molar-refractivity contribution in [3.05, 3.63) is 47.8 Å². The molecule has 2 atom stereocenters. The maximum atomic E-state index is 12.8. The number of Topliss-reactive ketones (excluding diaryl/α,β-unsaturated/α-hetero) is 1. The Labute approximate surface area is 187 Å². The van der Waals surface area contributed by atoms with E-state index in [9.17, 15) is 14.4 Å². The van der Waals surface area contributed by atoms with Crippen LogP contribution < -0.4 is 9.47 Å². The first-order chi connectivity index (χ1) is 15.2. The van der Waals surface area contributed by atoms with Crippen molar-refractivity contribution in [3.63, 3.8) is 0 Å². The summed E-state index contributed by atoms with van der Waals surface area (Å²) in [5, 5.41) is 0. The Kier molecular flexibility index (Phi) is 7.07. The lowest BCUT2D eigenvalue weighted by atomic mass is 10.0. The summed E-state index contributed by atoms with van der Waals surface area (Å²) in [7, 11) is 1.45. The number of allylic oxidation sites excluding steroid dienone is 1. The smallest absolute Gasteiger partial charge is 0.413 e. The number of carbonyl (C=O) groups excluding carboxylic acids is 3. The van der Waals surface area contributed by atoms with Gasteiger partial charge in [0.05, 0.1) is 11.6 Å². The minimum atomic E-state index is -1.12. The van der Waals surface area contributed by atoms with Gasteiger partial charge in [0.2, 0.25) is 13.1 Å². The number of carbonyl (C=O) groups is 3. The summed E-state index contributed by atoms with van der Waals surface area (Å²) in [6.07, 6.45) is 4.02. The van der Waals surface area contributed by atoms with E-state index in [1.54, 1.807) is 31.3 Å². The van der Waals surface area contributed by atoms with E-state index < -0.39 is 24.4 Å². The van der Waals surface area contributed by atoms with Gasteiger partial charge in [-0.25, -0.2) is 9.59 Å². The fourth-order valence-corrected chi connectivity index (χ4v) is 3.13. The van der Waals surface area contributed by atoms with Crippen molar-refractivity contribution in [1.29, 1.82) is 0 Å². The number of rotatable bonds is 7. The van der Waals surface area contributed by atoms with Gasteiger partial charge in [-0.2, -0.15) is 0 Å². The zero-order valence-corrected chi connectivity index (χ0v) is 18.9. The molecule has 0 saturated carbocycles. The predicted molar refractivity (Wildman–Crippen MR) is 115 cm³/mol. The fraction of sp³-hybridized carbons (Fsp3) is 0.435. The minimum Gasteiger partial charge on any atom is -0.454 e. The van der Waals surface area contributed by atoms with Crippen molar-refractivity contribution in [2.45, 2.75) is 52.5 Å². The molecule has 9 nitrogen and oxygen atoms in total. The number of ether oxygens (including phenoxy) is 4. The molecule has 0 saturated heterocycles. The first-order valence-electron chi connectivity index (χ1n) is 10.4. The van der Waals surface area contributed by atoms with Gasteiger partial charge in [-0.05, 0) is 39.0 Å². The van der Waals surface area contributed by atoms with Gasteiger partial charge in [-0.15, -0.1) is 0 Å². The van der Waals surface area contributed by atoms with Crippen molar-refractivity contribution < 1.29 is 33.3 Å². The normalized spacial score (nSPS) is 16.3. The lowest BCUT2D eigenvalue weighted by molar-refractivity contribution is -0.161. The highest BCUT2D eigenvalue weighted by molar-refractivity contribution is 6.01. The van der Waals surface area contributed by atoms with E-state index in [2.05, 4.69) is 0 Å². The van der Waals surface area contributed by atoms with Crippen LogP contribution in [0.3, 0.4) is 0 Å². The molecule has 2 aliphatic heterocycles. The molecule has 32 heavy (non-hydrogen) atoms. The van der Waals surface area contributed by atoms with Crippen LogP contribution in [0, 0.1) is 0 Å². The molecular weight excluding hydrogens is 416 g/mol. The van der Waals surface area contributed by atoms with Crippen molar-refractivity contribution in [1.82, 2.24) is 9.80 Å². The Morgan fingerprint density at radius 1 is 1.06 bits per heavy atom. The van der Waals surface area contributed by atoms with Gasteiger partial charge in [0, 0.05) is 44.4 Å². The van der Waals surface area contributed by atoms with Crippen molar-refractivity contribution >= 4 is 17.8 Å². The summed E-state index contributed by atoms with van der Waals surface area (Å²) >= 11 is 0. The van der Waals surface area contributed by atoms with Crippen molar-refractivity contribution in [2.75, 3.05) is 13.8 Å². The van der Waals surface area contributed by atoms with Crippen LogP contribution >= 0.6 is 0 Å². The monoisotopic (exact) mass is 444 g/mol. The molecule has 0 spiro atoms. The van der Waals surface area contributed by atoms with Gasteiger partial charge < -0.3 is 28.7 Å². The summed E-state index contributed by atoms with van der Waals surface area (Å²) in [4.78, 5) is 40.8. The molecular formula is C23H28N2O7. The van der Waals surface area contributed by atoms with Crippen LogP contribution in [-0.4, -0.2) is 59.9 Å². The third kappa shape index (κ3) is 5.22. The van der Waals surface area contributed by atoms with Crippen LogP contribution in [0.5, 0.6) is 11.5 Å². The number of likely N-dealkylation sites (N-methyl/N-ethyl adjacent to an activating group) is 1. The van der Waals surface area contributed by atoms with Gasteiger partial charge in [-0.3, -0.25) is 4.79 Å². The van der Waals surface area contributed by atoms with Gasteiger partial charge >= 0.3 is 12.1 Å². The Balaban J connectivity index is 1.55. The van der Waals surface area contributed by atoms with E-state index in [0.29, 0.717) is 29.1 Å². The number of ketones is 1. The van der Waals surface area contributed by atoms with E-state index in [1.807, 2.05) is 31.0 Å². The molecule has 3 rings (SSSR count). The van der Waals surface area contributed by atoms with Gasteiger partial charge in [0.25, 0.3) is 0 Å². The van der Waals surface area contributed by atoms with E-state index in [1.165, 1.54) is 14.0 Å². The van der Waals surface area contributed by atoms with Gasteiger partial charge in [0.15, 0.2) is 17.3 Å². The van der Waals surface area contributed by atoms with Crippen LogP contribution in [0.15, 0.2) is 42.2 Å². The topological polar surface area (TPSA) is 94.6 Å².